The van der Waals surface area contributed by atoms with Crippen molar-refractivity contribution in [1.29, 1.82) is 0 Å². The molecule has 2 aromatic rings. The average molecular weight is 192 g/mol. The average Bonchev–Trinajstić information content (AvgIpc) is 2.86. The molecular weight excluding hydrogens is 180 g/mol. The van der Waals surface area contributed by atoms with Gasteiger partial charge in [-0.1, -0.05) is 6.92 Å². The third-order valence-electron chi connectivity index (χ3n) is 2.03. The standard InChI is InChI=1S/C9H12N4O/c1-2-6(10)8-12-13-9(14-8)7-4-3-5-11-7/h3-6,11H,2,10H2,1H3/t6-/m1/s1. The van der Waals surface area contributed by atoms with Gasteiger partial charge < -0.3 is 15.1 Å². The lowest BCUT2D eigenvalue weighted by molar-refractivity contribution is 0.452. The molecule has 2 heterocycles. The van der Waals surface area contributed by atoms with Gasteiger partial charge in [-0.3, -0.25) is 0 Å². The first-order valence-corrected chi connectivity index (χ1v) is 4.54. The molecule has 0 amide bonds. The Balaban J connectivity index is 2.26. The molecule has 2 aromatic heterocycles. The van der Waals surface area contributed by atoms with Crippen LogP contribution in [0.15, 0.2) is 22.7 Å². The highest BCUT2D eigenvalue weighted by Gasteiger charge is 2.13. The minimum Gasteiger partial charge on any atom is -0.418 e. The van der Waals surface area contributed by atoms with Crippen LogP contribution in [0.3, 0.4) is 0 Å². The summed E-state index contributed by atoms with van der Waals surface area (Å²) in [6.07, 6.45) is 2.59. The van der Waals surface area contributed by atoms with Crippen molar-refractivity contribution in [3.8, 4) is 11.6 Å². The first-order valence-electron chi connectivity index (χ1n) is 4.54. The van der Waals surface area contributed by atoms with Gasteiger partial charge in [0.05, 0.1) is 6.04 Å². The molecule has 5 heteroatoms. The highest BCUT2D eigenvalue weighted by molar-refractivity contribution is 5.45. The zero-order chi connectivity index (χ0) is 9.97. The molecule has 0 saturated carbocycles. The Kier molecular flexibility index (Phi) is 2.32. The molecule has 0 fully saturated rings. The summed E-state index contributed by atoms with van der Waals surface area (Å²) >= 11 is 0. The van der Waals surface area contributed by atoms with Crippen LogP contribution >= 0.6 is 0 Å². The predicted molar refractivity (Wildman–Crippen MR) is 51.3 cm³/mol. The first-order chi connectivity index (χ1) is 6.81. The summed E-state index contributed by atoms with van der Waals surface area (Å²) in [5, 5.41) is 7.78. The van der Waals surface area contributed by atoms with Crippen LogP contribution in [0.25, 0.3) is 11.6 Å². The van der Waals surface area contributed by atoms with E-state index in [0.29, 0.717) is 11.8 Å². The van der Waals surface area contributed by atoms with E-state index in [1.807, 2.05) is 19.1 Å². The van der Waals surface area contributed by atoms with Gasteiger partial charge in [-0.05, 0) is 18.6 Å². The van der Waals surface area contributed by atoms with Gasteiger partial charge in [-0.15, -0.1) is 10.2 Å². The van der Waals surface area contributed by atoms with Crippen molar-refractivity contribution in [2.75, 3.05) is 0 Å². The highest BCUT2D eigenvalue weighted by atomic mass is 16.4. The summed E-state index contributed by atoms with van der Waals surface area (Å²) < 4.78 is 5.40. The van der Waals surface area contributed by atoms with Crippen LogP contribution in [0.4, 0.5) is 0 Å². The van der Waals surface area contributed by atoms with E-state index in [-0.39, 0.29) is 6.04 Å². The maximum atomic E-state index is 5.75. The highest BCUT2D eigenvalue weighted by Crippen LogP contribution is 2.18. The molecule has 0 spiro atoms. The van der Waals surface area contributed by atoms with Crippen LogP contribution in [-0.2, 0) is 0 Å². The Labute approximate surface area is 81.3 Å². The van der Waals surface area contributed by atoms with E-state index in [2.05, 4.69) is 15.2 Å². The van der Waals surface area contributed by atoms with Crippen molar-refractivity contribution in [2.45, 2.75) is 19.4 Å². The molecule has 3 N–H and O–H groups in total. The summed E-state index contributed by atoms with van der Waals surface area (Å²) in [7, 11) is 0. The summed E-state index contributed by atoms with van der Waals surface area (Å²) in [6.45, 7) is 1.98. The van der Waals surface area contributed by atoms with Gasteiger partial charge >= 0.3 is 0 Å². The predicted octanol–water partition coefficient (Wildman–Crippen LogP) is 1.47. The minimum absolute atomic E-state index is 0.175. The maximum Gasteiger partial charge on any atom is 0.264 e. The second-order valence-electron chi connectivity index (χ2n) is 3.04. The third-order valence-corrected chi connectivity index (χ3v) is 2.03. The van der Waals surface area contributed by atoms with Crippen molar-refractivity contribution in [3.63, 3.8) is 0 Å². The van der Waals surface area contributed by atoms with Crippen molar-refractivity contribution in [3.05, 3.63) is 24.2 Å². The molecule has 74 valence electrons. The van der Waals surface area contributed by atoms with E-state index >= 15 is 0 Å². The summed E-state index contributed by atoms with van der Waals surface area (Å²) in [5.74, 6) is 0.964. The van der Waals surface area contributed by atoms with Crippen LogP contribution in [0.2, 0.25) is 0 Å². The number of nitrogens with one attached hydrogen (secondary N) is 1. The maximum absolute atomic E-state index is 5.75. The molecule has 1 atom stereocenters. The van der Waals surface area contributed by atoms with Crippen LogP contribution in [0.1, 0.15) is 25.3 Å². The molecule has 14 heavy (non-hydrogen) atoms. The Bertz CT molecular complexity index is 393. The van der Waals surface area contributed by atoms with Crippen LogP contribution in [-0.4, -0.2) is 15.2 Å². The van der Waals surface area contributed by atoms with Gasteiger partial charge in [-0.2, -0.15) is 0 Å². The fraction of sp³-hybridized carbons (Fsp3) is 0.333. The summed E-state index contributed by atoms with van der Waals surface area (Å²) in [4.78, 5) is 2.99. The third kappa shape index (κ3) is 1.54. The number of aromatic nitrogens is 3. The van der Waals surface area contributed by atoms with Crippen molar-refractivity contribution >= 4 is 0 Å². The van der Waals surface area contributed by atoms with Crippen LogP contribution in [0, 0.1) is 0 Å². The molecule has 5 nitrogen and oxygen atoms in total. The van der Waals surface area contributed by atoms with Gasteiger partial charge in [0.2, 0.25) is 5.89 Å². The molecule has 0 saturated heterocycles. The quantitative estimate of drug-likeness (QED) is 0.771. The second-order valence-corrected chi connectivity index (χ2v) is 3.04. The number of hydrogen-bond acceptors (Lipinski definition) is 4. The lowest BCUT2D eigenvalue weighted by Crippen LogP contribution is -2.08. The van der Waals surface area contributed by atoms with Gasteiger partial charge in [0.25, 0.3) is 5.89 Å². The zero-order valence-electron chi connectivity index (χ0n) is 7.90. The summed E-state index contributed by atoms with van der Waals surface area (Å²) in [6, 6.07) is 3.57. The second kappa shape index (κ2) is 3.63. The molecule has 0 aromatic carbocycles. The van der Waals surface area contributed by atoms with Gasteiger partial charge in [0, 0.05) is 6.20 Å². The molecule has 0 unspecified atom stereocenters. The topological polar surface area (TPSA) is 80.7 Å². The normalized spacial score (nSPS) is 13.0. The Morgan fingerprint density at radius 2 is 2.43 bits per heavy atom. The fourth-order valence-corrected chi connectivity index (χ4v) is 1.13. The number of H-pyrrole nitrogens is 1. The van der Waals surface area contributed by atoms with Crippen LogP contribution in [0.5, 0.6) is 0 Å². The number of nitrogens with two attached hydrogens (primary N) is 1. The van der Waals surface area contributed by atoms with Crippen molar-refractivity contribution in [2.24, 2.45) is 5.73 Å². The molecule has 0 aliphatic heterocycles. The Hall–Kier alpha value is -1.62. The van der Waals surface area contributed by atoms with E-state index in [0.717, 1.165) is 12.1 Å². The molecule has 0 aliphatic carbocycles. The van der Waals surface area contributed by atoms with E-state index in [9.17, 15) is 0 Å². The lowest BCUT2D eigenvalue weighted by atomic mass is 10.2. The summed E-state index contributed by atoms with van der Waals surface area (Å²) in [5.41, 5.74) is 6.57. The lowest BCUT2D eigenvalue weighted by Gasteiger charge is -1.99. The first kappa shape index (κ1) is 8.96. The molecular formula is C9H12N4O. The molecule has 0 bridgehead atoms. The van der Waals surface area contributed by atoms with Gasteiger partial charge in [-0.25, -0.2) is 0 Å². The molecule has 2 rings (SSSR count). The fourth-order valence-electron chi connectivity index (χ4n) is 1.13. The number of rotatable bonds is 3. The van der Waals surface area contributed by atoms with Gasteiger partial charge in [0.1, 0.15) is 5.69 Å². The van der Waals surface area contributed by atoms with Crippen molar-refractivity contribution in [1.82, 2.24) is 15.2 Å². The van der Waals surface area contributed by atoms with E-state index in [1.54, 1.807) is 6.20 Å². The zero-order valence-corrected chi connectivity index (χ0v) is 7.90. The molecule has 0 radical (unpaired) electrons. The number of hydrogen-bond donors (Lipinski definition) is 2. The van der Waals surface area contributed by atoms with E-state index < -0.39 is 0 Å². The SMILES string of the molecule is CC[C@@H](N)c1nnc(-c2ccc[nH]2)o1. The van der Waals surface area contributed by atoms with Crippen LogP contribution < -0.4 is 5.73 Å². The molecule has 0 aliphatic rings. The van der Waals surface area contributed by atoms with E-state index in [4.69, 9.17) is 10.2 Å². The number of aromatic amines is 1. The van der Waals surface area contributed by atoms with Crippen molar-refractivity contribution < 1.29 is 4.42 Å². The van der Waals surface area contributed by atoms with Gasteiger partial charge in [0.15, 0.2) is 0 Å². The monoisotopic (exact) mass is 192 g/mol. The minimum atomic E-state index is -0.175. The number of nitrogens with zero attached hydrogens (tertiary/aromatic N) is 2. The smallest absolute Gasteiger partial charge is 0.264 e. The Morgan fingerprint density at radius 3 is 3.07 bits per heavy atom. The largest absolute Gasteiger partial charge is 0.418 e. The van der Waals surface area contributed by atoms with E-state index in [1.165, 1.54) is 0 Å². The Morgan fingerprint density at radius 1 is 1.57 bits per heavy atom.